The molecule has 0 spiro atoms. The second kappa shape index (κ2) is 6.36. The van der Waals surface area contributed by atoms with Gasteiger partial charge in [0.2, 0.25) is 0 Å². The Morgan fingerprint density at radius 2 is 2.00 bits per heavy atom. The molecular weight excluding hydrogens is 216 g/mol. The van der Waals surface area contributed by atoms with Gasteiger partial charge in [-0.05, 0) is 50.6 Å². The van der Waals surface area contributed by atoms with Crippen LogP contribution in [0.5, 0.6) is 0 Å². The summed E-state index contributed by atoms with van der Waals surface area (Å²) >= 11 is 0. The summed E-state index contributed by atoms with van der Waals surface area (Å²) in [7, 11) is 0. The van der Waals surface area contributed by atoms with Crippen LogP contribution >= 0.6 is 0 Å². The standard InChI is InChI=1S/C13H24N2O2/c16-13(17)8-14-7-12-5-2-6-15(10-12)9-11-3-1-4-11/h11-12,14H,1-10H2,(H,16,17). The zero-order valence-corrected chi connectivity index (χ0v) is 10.5. The molecule has 2 rings (SSSR count). The Labute approximate surface area is 103 Å². The molecule has 0 aromatic rings. The van der Waals surface area contributed by atoms with E-state index in [4.69, 9.17) is 5.11 Å². The first kappa shape index (κ1) is 12.8. The van der Waals surface area contributed by atoms with E-state index in [1.54, 1.807) is 0 Å². The normalized spacial score (nSPS) is 26.7. The Bertz CT molecular complexity index is 254. The summed E-state index contributed by atoms with van der Waals surface area (Å²) in [5.74, 6) is 0.830. The highest BCUT2D eigenvalue weighted by Crippen LogP contribution is 2.28. The minimum atomic E-state index is -0.757. The maximum atomic E-state index is 10.4. The van der Waals surface area contributed by atoms with E-state index in [1.807, 2.05) is 0 Å². The number of nitrogens with one attached hydrogen (secondary N) is 1. The van der Waals surface area contributed by atoms with Gasteiger partial charge in [-0.2, -0.15) is 0 Å². The average molecular weight is 240 g/mol. The van der Waals surface area contributed by atoms with Gasteiger partial charge in [-0.25, -0.2) is 0 Å². The van der Waals surface area contributed by atoms with E-state index >= 15 is 0 Å². The number of carbonyl (C=O) groups is 1. The number of carboxylic acid groups (broad SMARTS) is 1. The summed E-state index contributed by atoms with van der Waals surface area (Å²) in [5.41, 5.74) is 0. The predicted octanol–water partition coefficient (Wildman–Crippen LogP) is 1.17. The number of aliphatic carboxylic acids is 1. The van der Waals surface area contributed by atoms with Crippen molar-refractivity contribution in [2.75, 3.05) is 32.7 Å². The Balaban J connectivity index is 1.63. The third kappa shape index (κ3) is 4.28. The van der Waals surface area contributed by atoms with Crippen molar-refractivity contribution in [2.45, 2.75) is 32.1 Å². The smallest absolute Gasteiger partial charge is 0.317 e. The molecule has 17 heavy (non-hydrogen) atoms. The largest absolute Gasteiger partial charge is 0.480 e. The van der Waals surface area contributed by atoms with Gasteiger partial charge in [-0.15, -0.1) is 0 Å². The molecule has 4 heteroatoms. The van der Waals surface area contributed by atoms with Crippen molar-refractivity contribution >= 4 is 5.97 Å². The van der Waals surface area contributed by atoms with E-state index in [9.17, 15) is 4.79 Å². The highest BCUT2D eigenvalue weighted by Gasteiger charge is 2.24. The molecule has 4 nitrogen and oxygen atoms in total. The van der Waals surface area contributed by atoms with Gasteiger partial charge in [0.1, 0.15) is 0 Å². The third-order valence-electron chi connectivity index (χ3n) is 4.05. The molecule has 1 unspecified atom stereocenters. The Hall–Kier alpha value is -0.610. The van der Waals surface area contributed by atoms with Crippen LogP contribution in [0.1, 0.15) is 32.1 Å². The molecule has 1 aliphatic heterocycles. The quantitative estimate of drug-likeness (QED) is 0.732. The van der Waals surface area contributed by atoms with Crippen LogP contribution in [0, 0.1) is 11.8 Å². The fourth-order valence-electron chi connectivity index (χ4n) is 2.91. The third-order valence-corrected chi connectivity index (χ3v) is 4.05. The molecule has 2 fully saturated rings. The molecule has 1 saturated carbocycles. The lowest BCUT2D eigenvalue weighted by Crippen LogP contribution is -2.43. The second-order valence-corrected chi connectivity index (χ2v) is 5.59. The molecule has 0 aromatic heterocycles. The lowest BCUT2D eigenvalue weighted by Gasteiger charge is -2.37. The van der Waals surface area contributed by atoms with E-state index in [0.29, 0.717) is 5.92 Å². The molecule has 98 valence electrons. The van der Waals surface area contributed by atoms with Gasteiger partial charge in [0.25, 0.3) is 0 Å². The summed E-state index contributed by atoms with van der Waals surface area (Å²) in [6.07, 6.45) is 6.76. The van der Waals surface area contributed by atoms with Crippen LogP contribution in [0.2, 0.25) is 0 Å². The summed E-state index contributed by atoms with van der Waals surface area (Å²) in [6, 6.07) is 0. The first-order valence-electron chi connectivity index (χ1n) is 6.89. The van der Waals surface area contributed by atoms with Crippen LogP contribution < -0.4 is 5.32 Å². The summed E-state index contributed by atoms with van der Waals surface area (Å²) < 4.78 is 0. The molecular formula is C13H24N2O2. The molecule has 2 aliphatic rings. The van der Waals surface area contributed by atoms with E-state index in [-0.39, 0.29) is 6.54 Å². The van der Waals surface area contributed by atoms with Crippen LogP contribution in [-0.4, -0.2) is 48.7 Å². The summed E-state index contributed by atoms with van der Waals surface area (Å²) in [4.78, 5) is 13.0. The number of piperidine rings is 1. The topological polar surface area (TPSA) is 52.6 Å². The van der Waals surface area contributed by atoms with Crippen molar-refractivity contribution in [3.8, 4) is 0 Å². The number of hydrogen-bond acceptors (Lipinski definition) is 3. The van der Waals surface area contributed by atoms with E-state index in [2.05, 4.69) is 10.2 Å². The number of hydrogen-bond donors (Lipinski definition) is 2. The second-order valence-electron chi connectivity index (χ2n) is 5.59. The fraction of sp³-hybridized carbons (Fsp3) is 0.923. The predicted molar refractivity (Wildman–Crippen MR) is 67.0 cm³/mol. The van der Waals surface area contributed by atoms with E-state index in [0.717, 1.165) is 19.0 Å². The van der Waals surface area contributed by atoms with Crippen molar-refractivity contribution in [2.24, 2.45) is 11.8 Å². The van der Waals surface area contributed by atoms with Crippen LogP contribution in [0.15, 0.2) is 0 Å². The fourth-order valence-corrected chi connectivity index (χ4v) is 2.91. The van der Waals surface area contributed by atoms with Crippen molar-refractivity contribution < 1.29 is 9.90 Å². The van der Waals surface area contributed by atoms with Gasteiger partial charge in [-0.1, -0.05) is 6.42 Å². The van der Waals surface area contributed by atoms with Crippen LogP contribution in [0.4, 0.5) is 0 Å². The molecule has 1 atom stereocenters. The van der Waals surface area contributed by atoms with Crippen LogP contribution in [-0.2, 0) is 4.79 Å². The summed E-state index contributed by atoms with van der Waals surface area (Å²) in [6.45, 7) is 4.62. The minimum absolute atomic E-state index is 0.0964. The average Bonchev–Trinajstić information content (AvgIpc) is 2.24. The maximum absolute atomic E-state index is 10.4. The van der Waals surface area contributed by atoms with Crippen molar-refractivity contribution in [3.05, 3.63) is 0 Å². The van der Waals surface area contributed by atoms with E-state index < -0.39 is 5.97 Å². The van der Waals surface area contributed by atoms with Crippen LogP contribution in [0.25, 0.3) is 0 Å². The van der Waals surface area contributed by atoms with Crippen molar-refractivity contribution in [1.82, 2.24) is 10.2 Å². The Morgan fingerprint density at radius 1 is 1.24 bits per heavy atom. The molecule has 0 aromatic carbocycles. The Kier molecular flexibility index (Phi) is 4.80. The lowest BCUT2D eigenvalue weighted by molar-refractivity contribution is -0.136. The molecule has 1 saturated heterocycles. The zero-order chi connectivity index (χ0) is 12.1. The molecule has 0 bridgehead atoms. The summed E-state index contributed by atoms with van der Waals surface area (Å²) in [5, 5.41) is 11.6. The van der Waals surface area contributed by atoms with Gasteiger partial charge in [0.15, 0.2) is 0 Å². The number of nitrogens with zero attached hydrogens (tertiary/aromatic N) is 1. The zero-order valence-electron chi connectivity index (χ0n) is 10.5. The monoisotopic (exact) mass is 240 g/mol. The molecule has 1 aliphatic carbocycles. The van der Waals surface area contributed by atoms with Gasteiger partial charge in [0, 0.05) is 13.1 Å². The van der Waals surface area contributed by atoms with Gasteiger partial charge < -0.3 is 15.3 Å². The van der Waals surface area contributed by atoms with E-state index in [1.165, 1.54) is 45.2 Å². The van der Waals surface area contributed by atoms with Gasteiger partial charge >= 0.3 is 5.97 Å². The SMILES string of the molecule is O=C(O)CNCC1CCCN(CC2CCC2)C1. The maximum Gasteiger partial charge on any atom is 0.317 e. The Morgan fingerprint density at radius 3 is 2.65 bits per heavy atom. The number of likely N-dealkylation sites (tertiary alicyclic amines) is 1. The molecule has 0 radical (unpaired) electrons. The number of carboxylic acids is 1. The van der Waals surface area contributed by atoms with Gasteiger partial charge in [-0.3, -0.25) is 4.79 Å². The van der Waals surface area contributed by atoms with Crippen LogP contribution in [0.3, 0.4) is 0 Å². The highest BCUT2D eigenvalue weighted by molar-refractivity contribution is 5.68. The highest BCUT2D eigenvalue weighted by atomic mass is 16.4. The molecule has 1 heterocycles. The minimum Gasteiger partial charge on any atom is -0.480 e. The molecule has 2 N–H and O–H groups in total. The lowest BCUT2D eigenvalue weighted by atomic mass is 9.84. The van der Waals surface area contributed by atoms with Crippen molar-refractivity contribution in [1.29, 1.82) is 0 Å². The van der Waals surface area contributed by atoms with Crippen molar-refractivity contribution in [3.63, 3.8) is 0 Å². The molecule has 0 amide bonds. The first-order chi connectivity index (χ1) is 8.24. The first-order valence-corrected chi connectivity index (χ1v) is 6.89. The number of rotatable bonds is 6. The van der Waals surface area contributed by atoms with Gasteiger partial charge in [0.05, 0.1) is 6.54 Å².